The molecule has 4 nitrogen and oxygen atoms in total. The van der Waals surface area contributed by atoms with Gasteiger partial charge in [0.2, 0.25) is 0 Å². The summed E-state index contributed by atoms with van der Waals surface area (Å²) in [5.41, 5.74) is 0.0749. The minimum atomic E-state index is -0.216. The average Bonchev–Trinajstić information content (AvgIpc) is 2.26. The van der Waals surface area contributed by atoms with E-state index >= 15 is 0 Å². The fourth-order valence-electron chi connectivity index (χ4n) is 4.76. The van der Waals surface area contributed by atoms with Gasteiger partial charge in [0, 0.05) is 12.1 Å². The molecule has 0 aliphatic heterocycles. The third kappa shape index (κ3) is 2.35. The summed E-state index contributed by atoms with van der Waals surface area (Å²) >= 11 is 0. The molecule has 102 valence electrons. The molecule has 0 heterocycles. The van der Waals surface area contributed by atoms with Crippen molar-refractivity contribution in [2.45, 2.75) is 44.1 Å². The molecular weight excluding hydrogens is 228 g/mol. The minimum absolute atomic E-state index is 0.0749. The molecule has 4 aliphatic rings. The molecule has 0 spiro atoms. The number of hydrogen-bond acceptors (Lipinski definition) is 3. The van der Waals surface area contributed by atoms with Gasteiger partial charge in [-0.3, -0.25) is 0 Å². The molecule has 4 bridgehead atoms. The summed E-state index contributed by atoms with van der Waals surface area (Å²) in [4.78, 5) is 11.8. The first-order valence-corrected chi connectivity index (χ1v) is 7.29. The third-order valence-electron chi connectivity index (χ3n) is 4.99. The Labute approximate surface area is 109 Å². The summed E-state index contributed by atoms with van der Waals surface area (Å²) in [6.07, 6.45) is 7.52. The van der Waals surface area contributed by atoms with Crippen LogP contribution >= 0.6 is 0 Å². The topological polar surface area (TPSA) is 50.4 Å². The Balaban J connectivity index is 1.57. The first kappa shape index (κ1) is 12.3. The van der Waals surface area contributed by atoms with Crippen LogP contribution in [-0.2, 0) is 4.74 Å². The Morgan fingerprint density at radius 3 is 2.22 bits per heavy atom. The van der Waals surface area contributed by atoms with Crippen molar-refractivity contribution >= 4 is 6.09 Å². The monoisotopic (exact) mass is 252 g/mol. The molecule has 0 aromatic carbocycles. The Bertz CT molecular complexity index is 294. The molecule has 4 heteroatoms. The highest BCUT2D eigenvalue weighted by Crippen LogP contribution is 2.55. The average molecular weight is 252 g/mol. The number of amides is 1. The van der Waals surface area contributed by atoms with Gasteiger partial charge in [-0.25, -0.2) is 4.79 Å². The van der Waals surface area contributed by atoms with Crippen LogP contribution in [0.2, 0.25) is 0 Å². The number of likely N-dealkylation sites (N-methyl/N-ethyl adjacent to an activating group) is 1. The lowest BCUT2D eigenvalue weighted by Gasteiger charge is -2.56. The van der Waals surface area contributed by atoms with E-state index < -0.39 is 0 Å². The Kier molecular flexibility index (Phi) is 3.22. The summed E-state index contributed by atoms with van der Waals surface area (Å²) in [7, 11) is 1.86. The largest absolute Gasteiger partial charge is 0.448 e. The van der Waals surface area contributed by atoms with Gasteiger partial charge in [-0.05, 0) is 63.3 Å². The fraction of sp³-hybridized carbons (Fsp3) is 0.929. The van der Waals surface area contributed by atoms with E-state index in [0.29, 0.717) is 13.2 Å². The molecule has 0 radical (unpaired) electrons. The van der Waals surface area contributed by atoms with Crippen molar-refractivity contribution in [2.75, 3.05) is 20.2 Å². The van der Waals surface area contributed by atoms with Crippen LogP contribution < -0.4 is 10.6 Å². The van der Waals surface area contributed by atoms with E-state index in [1.165, 1.54) is 38.5 Å². The van der Waals surface area contributed by atoms with Crippen molar-refractivity contribution in [1.29, 1.82) is 0 Å². The zero-order valence-electron chi connectivity index (χ0n) is 11.2. The maximum absolute atomic E-state index is 11.8. The van der Waals surface area contributed by atoms with Crippen LogP contribution in [-0.4, -0.2) is 31.8 Å². The number of ether oxygens (including phenoxy) is 1. The second kappa shape index (κ2) is 4.72. The van der Waals surface area contributed by atoms with Gasteiger partial charge < -0.3 is 15.4 Å². The molecule has 4 fully saturated rings. The van der Waals surface area contributed by atoms with E-state index in [4.69, 9.17) is 4.74 Å². The van der Waals surface area contributed by atoms with Gasteiger partial charge in [0.05, 0.1) is 0 Å². The van der Waals surface area contributed by atoms with E-state index in [9.17, 15) is 4.79 Å². The van der Waals surface area contributed by atoms with Gasteiger partial charge in [0.1, 0.15) is 6.61 Å². The second-order valence-electron chi connectivity index (χ2n) is 6.56. The van der Waals surface area contributed by atoms with Crippen molar-refractivity contribution in [2.24, 2.45) is 17.8 Å². The maximum atomic E-state index is 11.8. The van der Waals surface area contributed by atoms with Crippen molar-refractivity contribution in [3.05, 3.63) is 0 Å². The molecule has 0 unspecified atom stereocenters. The predicted molar refractivity (Wildman–Crippen MR) is 69.3 cm³/mol. The fourth-order valence-corrected chi connectivity index (χ4v) is 4.76. The van der Waals surface area contributed by atoms with Crippen LogP contribution in [0.1, 0.15) is 38.5 Å². The lowest BCUT2D eigenvalue weighted by atomic mass is 9.53. The molecule has 0 saturated heterocycles. The lowest BCUT2D eigenvalue weighted by molar-refractivity contribution is -0.0190. The zero-order chi connectivity index (χ0) is 12.6. The molecule has 0 aromatic heterocycles. The molecule has 2 N–H and O–H groups in total. The van der Waals surface area contributed by atoms with Crippen LogP contribution in [0.5, 0.6) is 0 Å². The highest BCUT2D eigenvalue weighted by molar-refractivity contribution is 5.68. The Morgan fingerprint density at radius 2 is 1.72 bits per heavy atom. The first-order valence-electron chi connectivity index (χ1n) is 7.29. The van der Waals surface area contributed by atoms with E-state index in [2.05, 4.69) is 10.6 Å². The summed E-state index contributed by atoms with van der Waals surface area (Å²) < 4.78 is 5.21. The van der Waals surface area contributed by atoms with Crippen LogP contribution in [0.4, 0.5) is 4.79 Å². The smallest absolute Gasteiger partial charge is 0.407 e. The second-order valence-corrected chi connectivity index (χ2v) is 6.56. The van der Waals surface area contributed by atoms with Gasteiger partial charge in [0.15, 0.2) is 0 Å². The zero-order valence-corrected chi connectivity index (χ0v) is 11.2. The van der Waals surface area contributed by atoms with Crippen LogP contribution in [0.15, 0.2) is 0 Å². The minimum Gasteiger partial charge on any atom is -0.448 e. The molecule has 1 amide bonds. The maximum Gasteiger partial charge on any atom is 0.407 e. The molecular formula is C14H24N2O2. The molecule has 0 aromatic rings. The number of alkyl carbamates (subject to hydrolysis) is 1. The summed E-state index contributed by atoms with van der Waals surface area (Å²) in [6, 6.07) is 0. The van der Waals surface area contributed by atoms with Gasteiger partial charge in [-0.15, -0.1) is 0 Å². The summed E-state index contributed by atoms with van der Waals surface area (Å²) in [5, 5.41) is 6.17. The SMILES string of the molecule is CNCCOC(=O)NC12CC3CC(CC(C3)C1)C2. The summed E-state index contributed by atoms with van der Waals surface area (Å²) in [5.74, 6) is 2.57. The van der Waals surface area contributed by atoms with Crippen molar-refractivity contribution in [3.8, 4) is 0 Å². The number of carbonyl (C=O) groups excluding carboxylic acids is 1. The van der Waals surface area contributed by atoms with E-state index in [0.717, 1.165) is 17.8 Å². The lowest BCUT2D eigenvalue weighted by Crippen LogP contribution is -2.60. The van der Waals surface area contributed by atoms with Crippen LogP contribution in [0, 0.1) is 17.8 Å². The molecule has 4 rings (SSSR count). The van der Waals surface area contributed by atoms with Gasteiger partial charge in [-0.2, -0.15) is 0 Å². The number of carbonyl (C=O) groups is 1. The van der Waals surface area contributed by atoms with Crippen molar-refractivity contribution in [1.82, 2.24) is 10.6 Å². The van der Waals surface area contributed by atoms with Gasteiger partial charge in [0.25, 0.3) is 0 Å². The molecule has 4 saturated carbocycles. The van der Waals surface area contributed by atoms with E-state index in [1.807, 2.05) is 7.05 Å². The summed E-state index contributed by atoms with van der Waals surface area (Å²) in [6.45, 7) is 1.17. The Morgan fingerprint density at radius 1 is 1.17 bits per heavy atom. The van der Waals surface area contributed by atoms with Gasteiger partial charge in [-0.1, -0.05) is 0 Å². The predicted octanol–water partition coefficient (Wildman–Crippen LogP) is 1.90. The standard InChI is InChI=1S/C14H24N2O2/c1-15-2-3-18-13(17)16-14-7-10-4-11(8-14)6-12(5-10)9-14/h10-12,15H,2-9H2,1H3,(H,16,17). The van der Waals surface area contributed by atoms with Crippen LogP contribution in [0.3, 0.4) is 0 Å². The number of rotatable bonds is 4. The van der Waals surface area contributed by atoms with E-state index in [1.54, 1.807) is 0 Å². The number of hydrogen-bond donors (Lipinski definition) is 2. The molecule has 4 aliphatic carbocycles. The molecule has 0 atom stereocenters. The van der Waals surface area contributed by atoms with Gasteiger partial charge >= 0.3 is 6.09 Å². The molecule has 18 heavy (non-hydrogen) atoms. The van der Waals surface area contributed by atoms with E-state index in [-0.39, 0.29) is 11.6 Å². The number of nitrogens with one attached hydrogen (secondary N) is 2. The normalized spacial score (nSPS) is 40.8. The first-order chi connectivity index (χ1) is 8.69. The Hall–Kier alpha value is -0.770. The highest BCUT2D eigenvalue weighted by atomic mass is 16.5. The quantitative estimate of drug-likeness (QED) is 0.751. The third-order valence-corrected chi connectivity index (χ3v) is 4.99. The highest BCUT2D eigenvalue weighted by Gasteiger charge is 2.51. The van der Waals surface area contributed by atoms with Crippen molar-refractivity contribution in [3.63, 3.8) is 0 Å². The van der Waals surface area contributed by atoms with Crippen LogP contribution in [0.25, 0.3) is 0 Å². The van der Waals surface area contributed by atoms with Crippen molar-refractivity contribution < 1.29 is 9.53 Å².